The van der Waals surface area contributed by atoms with Gasteiger partial charge in [-0.15, -0.1) is 10.2 Å². The fraction of sp³-hybridized carbons (Fsp3) is 0.273. The molecule has 0 fully saturated rings. The van der Waals surface area contributed by atoms with E-state index in [9.17, 15) is 26.7 Å². The van der Waals surface area contributed by atoms with Crippen molar-refractivity contribution in [3.05, 3.63) is 80.7 Å². The molecule has 36 heavy (non-hydrogen) atoms. The Balaban J connectivity index is 1.77. The van der Waals surface area contributed by atoms with Crippen LogP contribution in [0.4, 0.5) is 22.0 Å². The zero-order valence-electron chi connectivity index (χ0n) is 18.5. The molecule has 2 heterocycles. The van der Waals surface area contributed by atoms with Crippen molar-refractivity contribution in [1.29, 1.82) is 0 Å². The molecule has 0 aliphatic heterocycles. The Morgan fingerprint density at radius 1 is 0.944 bits per heavy atom. The van der Waals surface area contributed by atoms with Gasteiger partial charge in [0.15, 0.2) is 11.6 Å². The van der Waals surface area contributed by atoms with Crippen LogP contribution in [0.15, 0.2) is 53.3 Å². The summed E-state index contributed by atoms with van der Waals surface area (Å²) in [6, 6.07) is 12.0. The molecule has 4 rings (SSSR count). The second-order valence-electron chi connectivity index (χ2n) is 7.92. The molecule has 0 saturated carbocycles. The first-order chi connectivity index (χ1) is 16.8. The quantitative estimate of drug-likeness (QED) is 0.278. The van der Waals surface area contributed by atoms with Crippen molar-refractivity contribution in [2.24, 2.45) is 0 Å². The lowest BCUT2D eigenvalue weighted by molar-refractivity contribution is -0.136. The average molecular weight is 547 g/mol. The molecular formula is C22H17Cl2F5N6O. The first kappa shape index (κ1) is 25.8. The van der Waals surface area contributed by atoms with Gasteiger partial charge in [-0.05, 0) is 42.5 Å². The Bertz CT molecular complexity index is 1440. The summed E-state index contributed by atoms with van der Waals surface area (Å²) in [7, 11) is 0. The summed E-state index contributed by atoms with van der Waals surface area (Å²) in [6.45, 7) is -0.517. The van der Waals surface area contributed by atoms with Crippen molar-refractivity contribution in [3.63, 3.8) is 0 Å². The van der Waals surface area contributed by atoms with Gasteiger partial charge < -0.3 is 0 Å². The molecule has 0 aliphatic rings. The molecular weight excluding hydrogens is 530 g/mol. The maximum Gasteiger partial charge on any atom is 0.390 e. The monoisotopic (exact) mass is 546 g/mol. The Labute approximate surface area is 210 Å². The second-order valence-corrected chi connectivity index (χ2v) is 8.79. The van der Waals surface area contributed by atoms with Crippen LogP contribution < -0.4 is 5.69 Å². The summed E-state index contributed by atoms with van der Waals surface area (Å²) in [4.78, 5) is 16.9. The highest BCUT2D eigenvalue weighted by Gasteiger charge is 2.33. The molecule has 7 nitrogen and oxygen atoms in total. The van der Waals surface area contributed by atoms with Crippen LogP contribution >= 0.6 is 23.2 Å². The van der Waals surface area contributed by atoms with Crippen LogP contribution in [0.2, 0.25) is 10.0 Å². The van der Waals surface area contributed by atoms with Gasteiger partial charge in [0.05, 0.1) is 12.1 Å². The third kappa shape index (κ3) is 5.76. The van der Waals surface area contributed by atoms with Crippen molar-refractivity contribution in [2.75, 3.05) is 0 Å². The minimum absolute atomic E-state index is 0.0452. The minimum Gasteiger partial charge on any atom is -0.275 e. The largest absolute Gasteiger partial charge is 0.390 e. The SMILES string of the molecule is CC(F)(F)c1nc(Cn2nc(-c3ccc(Cl)cc3)n(CCC(F)(F)F)c2=O)nn1-c1cccc(Cl)c1. The Hall–Kier alpha value is -3.25. The van der Waals surface area contributed by atoms with E-state index < -0.39 is 43.1 Å². The minimum atomic E-state index is -4.52. The van der Waals surface area contributed by atoms with Gasteiger partial charge in [0.2, 0.25) is 5.82 Å². The van der Waals surface area contributed by atoms with Gasteiger partial charge in [-0.3, -0.25) is 4.57 Å². The molecule has 0 atom stereocenters. The van der Waals surface area contributed by atoms with Gasteiger partial charge in [0, 0.05) is 29.1 Å². The second kappa shape index (κ2) is 9.66. The van der Waals surface area contributed by atoms with Crippen LogP contribution in [0, 0.1) is 0 Å². The molecule has 0 unspecified atom stereocenters. The first-order valence-corrected chi connectivity index (χ1v) is 11.2. The number of nitrogens with zero attached hydrogens (tertiary/aromatic N) is 6. The molecule has 190 valence electrons. The summed E-state index contributed by atoms with van der Waals surface area (Å²) in [5.74, 6) is -4.35. The molecule has 0 saturated heterocycles. The van der Waals surface area contributed by atoms with Crippen LogP contribution in [0.3, 0.4) is 0 Å². The number of hydrogen-bond acceptors (Lipinski definition) is 4. The molecule has 0 radical (unpaired) electrons. The van der Waals surface area contributed by atoms with Crippen molar-refractivity contribution in [2.45, 2.75) is 38.5 Å². The topological polar surface area (TPSA) is 70.5 Å². The smallest absolute Gasteiger partial charge is 0.275 e. The highest BCUT2D eigenvalue weighted by molar-refractivity contribution is 6.31. The maximum atomic E-state index is 14.3. The highest BCUT2D eigenvalue weighted by atomic mass is 35.5. The molecule has 2 aromatic heterocycles. The van der Waals surface area contributed by atoms with Gasteiger partial charge in [-0.1, -0.05) is 29.3 Å². The van der Waals surface area contributed by atoms with E-state index in [1.807, 2.05) is 0 Å². The molecule has 0 spiro atoms. The van der Waals surface area contributed by atoms with E-state index in [4.69, 9.17) is 23.2 Å². The van der Waals surface area contributed by atoms with Crippen LogP contribution in [0.5, 0.6) is 0 Å². The number of alkyl halides is 5. The zero-order chi connectivity index (χ0) is 26.3. The Morgan fingerprint density at radius 3 is 2.25 bits per heavy atom. The average Bonchev–Trinajstić information content (AvgIpc) is 3.34. The normalized spacial score (nSPS) is 12.3. The van der Waals surface area contributed by atoms with Crippen LogP contribution in [-0.4, -0.2) is 35.3 Å². The van der Waals surface area contributed by atoms with Gasteiger partial charge in [-0.25, -0.2) is 19.1 Å². The molecule has 0 N–H and O–H groups in total. The van der Waals surface area contributed by atoms with E-state index in [-0.39, 0.29) is 22.4 Å². The summed E-state index contributed by atoms with van der Waals surface area (Å²) < 4.78 is 69.9. The predicted octanol–water partition coefficient (Wildman–Crippen LogP) is 5.71. The zero-order valence-corrected chi connectivity index (χ0v) is 20.0. The van der Waals surface area contributed by atoms with E-state index in [0.29, 0.717) is 17.5 Å². The molecule has 14 heteroatoms. The molecule has 2 aromatic carbocycles. The van der Waals surface area contributed by atoms with Crippen molar-refractivity contribution >= 4 is 23.2 Å². The van der Waals surface area contributed by atoms with Crippen molar-refractivity contribution < 1.29 is 22.0 Å². The number of hydrogen-bond donors (Lipinski definition) is 0. The summed E-state index contributed by atoms with van der Waals surface area (Å²) >= 11 is 11.9. The number of aromatic nitrogens is 6. The van der Waals surface area contributed by atoms with E-state index in [1.165, 1.54) is 36.4 Å². The number of rotatable bonds is 7. The number of benzene rings is 2. The standard InChI is InChI=1S/C22H17Cl2F5N6O/c1-21(25,26)19-30-17(31-35(19)16-4-2-3-15(24)11-16)12-34-20(36)33(10-9-22(27,28)29)18(32-34)13-5-7-14(23)8-6-13/h2-8,11H,9-10,12H2,1H3. The van der Waals surface area contributed by atoms with Gasteiger partial charge in [0.1, 0.15) is 6.54 Å². The predicted molar refractivity (Wildman–Crippen MR) is 123 cm³/mol. The third-order valence-electron chi connectivity index (χ3n) is 5.03. The lowest BCUT2D eigenvalue weighted by Crippen LogP contribution is -2.27. The summed E-state index contributed by atoms with van der Waals surface area (Å²) in [5, 5.41) is 8.91. The van der Waals surface area contributed by atoms with Crippen molar-refractivity contribution in [1.82, 2.24) is 29.1 Å². The van der Waals surface area contributed by atoms with E-state index in [0.717, 1.165) is 13.9 Å². The fourth-order valence-electron chi connectivity index (χ4n) is 3.42. The van der Waals surface area contributed by atoms with Crippen LogP contribution in [0.25, 0.3) is 17.1 Å². The number of halogens is 7. The van der Waals surface area contributed by atoms with Crippen LogP contribution in [-0.2, 0) is 19.0 Å². The van der Waals surface area contributed by atoms with E-state index in [2.05, 4.69) is 15.2 Å². The first-order valence-electron chi connectivity index (χ1n) is 10.4. The van der Waals surface area contributed by atoms with Crippen molar-refractivity contribution in [3.8, 4) is 17.1 Å². The van der Waals surface area contributed by atoms with Gasteiger partial charge >= 0.3 is 17.8 Å². The summed E-state index contributed by atoms with van der Waals surface area (Å²) in [5.41, 5.74) is -0.327. The molecule has 0 amide bonds. The van der Waals surface area contributed by atoms with Gasteiger partial charge in [-0.2, -0.15) is 22.0 Å². The third-order valence-corrected chi connectivity index (χ3v) is 5.52. The van der Waals surface area contributed by atoms with E-state index in [1.54, 1.807) is 12.1 Å². The van der Waals surface area contributed by atoms with E-state index >= 15 is 0 Å². The van der Waals surface area contributed by atoms with Crippen LogP contribution in [0.1, 0.15) is 25.0 Å². The molecule has 0 bridgehead atoms. The fourth-order valence-corrected chi connectivity index (χ4v) is 3.73. The lowest BCUT2D eigenvalue weighted by atomic mass is 10.2. The molecule has 4 aromatic rings. The summed E-state index contributed by atoms with van der Waals surface area (Å²) in [6.07, 6.45) is -5.79. The Morgan fingerprint density at radius 2 is 1.64 bits per heavy atom. The lowest BCUT2D eigenvalue weighted by Gasteiger charge is -2.11. The van der Waals surface area contributed by atoms with Gasteiger partial charge in [0.25, 0.3) is 0 Å². The maximum absolute atomic E-state index is 14.3. The Kier molecular flexibility index (Phi) is 6.93. The highest BCUT2D eigenvalue weighted by Crippen LogP contribution is 2.28. The molecule has 0 aliphatic carbocycles.